The Kier molecular flexibility index (Phi) is 3.73. The predicted octanol–water partition coefficient (Wildman–Crippen LogP) is 1.88. The van der Waals surface area contributed by atoms with Gasteiger partial charge in [0.15, 0.2) is 5.82 Å². The van der Waals surface area contributed by atoms with Gasteiger partial charge in [-0.25, -0.2) is 0 Å². The van der Waals surface area contributed by atoms with Crippen molar-refractivity contribution in [3.8, 4) is 0 Å². The van der Waals surface area contributed by atoms with Crippen LogP contribution in [0.15, 0.2) is 29.2 Å². The summed E-state index contributed by atoms with van der Waals surface area (Å²) in [4.78, 5) is 13.2. The molecule has 0 fully saturated rings. The molecule has 2 aromatic rings. The van der Waals surface area contributed by atoms with Crippen LogP contribution in [-0.2, 0) is 19.5 Å². The Morgan fingerprint density at radius 2 is 2.25 bits per heavy atom. The molecule has 0 aliphatic carbocycles. The number of rotatable bonds is 4. The number of benzene rings is 1. The van der Waals surface area contributed by atoms with Crippen LogP contribution in [0.2, 0.25) is 0 Å². The zero-order valence-corrected chi connectivity index (χ0v) is 12.1. The normalized spacial score (nSPS) is 13.2. The fourth-order valence-corrected chi connectivity index (χ4v) is 3.02. The van der Waals surface area contributed by atoms with Crippen molar-refractivity contribution in [2.75, 3.05) is 6.26 Å². The summed E-state index contributed by atoms with van der Waals surface area (Å²) >= 11 is 1.57. The summed E-state index contributed by atoms with van der Waals surface area (Å²) in [7, 11) is 0. The zero-order chi connectivity index (χ0) is 13.9. The molecule has 1 aliphatic rings. The standard InChI is InChI=1S/C14H16N4OS/c1-20-11-6-3-2-5-10(11)14(19)15-9-13-17-16-12-7-4-8-18(12)13/h2-3,5-6H,4,7-9H2,1H3,(H,15,19). The van der Waals surface area contributed by atoms with Crippen LogP contribution in [0.4, 0.5) is 0 Å². The SMILES string of the molecule is CSc1ccccc1C(=O)NCc1nnc2n1CCC2. The van der Waals surface area contributed by atoms with Gasteiger partial charge in [0.2, 0.25) is 0 Å². The highest BCUT2D eigenvalue weighted by Crippen LogP contribution is 2.20. The highest BCUT2D eigenvalue weighted by atomic mass is 32.2. The Bertz CT molecular complexity index is 638. The molecule has 0 atom stereocenters. The van der Waals surface area contributed by atoms with E-state index in [1.807, 2.05) is 30.5 Å². The molecule has 0 spiro atoms. The molecule has 2 heterocycles. The molecular weight excluding hydrogens is 272 g/mol. The fraction of sp³-hybridized carbons (Fsp3) is 0.357. The smallest absolute Gasteiger partial charge is 0.252 e. The van der Waals surface area contributed by atoms with Gasteiger partial charge in [-0.05, 0) is 24.8 Å². The quantitative estimate of drug-likeness (QED) is 0.873. The summed E-state index contributed by atoms with van der Waals surface area (Å²) in [5.41, 5.74) is 0.709. The Labute approximate surface area is 121 Å². The third kappa shape index (κ3) is 2.43. The van der Waals surface area contributed by atoms with Gasteiger partial charge in [0, 0.05) is 17.9 Å². The van der Waals surface area contributed by atoms with Crippen molar-refractivity contribution in [1.82, 2.24) is 20.1 Å². The molecule has 20 heavy (non-hydrogen) atoms. The van der Waals surface area contributed by atoms with Crippen LogP contribution in [0.25, 0.3) is 0 Å². The van der Waals surface area contributed by atoms with E-state index in [0.29, 0.717) is 12.1 Å². The highest BCUT2D eigenvalue weighted by molar-refractivity contribution is 7.98. The van der Waals surface area contributed by atoms with Gasteiger partial charge in [-0.1, -0.05) is 12.1 Å². The Morgan fingerprint density at radius 1 is 1.40 bits per heavy atom. The minimum atomic E-state index is -0.0645. The number of hydrogen-bond donors (Lipinski definition) is 1. The van der Waals surface area contributed by atoms with E-state index in [9.17, 15) is 4.79 Å². The summed E-state index contributed by atoms with van der Waals surface area (Å²) in [5, 5.41) is 11.2. The van der Waals surface area contributed by atoms with Crippen LogP contribution in [0.3, 0.4) is 0 Å². The number of nitrogens with one attached hydrogen (secondary N) is 1. The van der Waals surface area contributed by atoms with Crippen LogP contribution in [-0.4, -0.2) is 26.9 Å². The molecule has 104 valence electrons. The molecule has 0 saturated carbocycles. The van der Waals surface area contributed by atoms with Crippen LogP contribution >= 0.6 is 11.8 Å². The Morgan fingerprint density at radius 3 is 3.10 bits per heavy atom. The van der Waals surface area contributed by atoms with Crippen LogP contribution < -0.4 is 5.32 Å². The Balaban J connectivity index is 1.70. The second kappa shape index (κ2) is 5.66. The second-order valence-electron chi connectivity index (χ2n) is 4.67. The first-order valence-electron chi connectivity index (χ1n) is 6.62. The predicted molar refractivity (Wildman–Crippen MR) is 77.7 cm³/mol. The number of nitrogens with zero attached hydrogens (tertiary/aromatic N) is 3. The summed E-state index contributed by atoms with van der Waals surface area (Å²) in [5.74, 6) is 1.80. The van der Waals surface area contributed by atoms with Gasteiger partial charge < -0.3 is 9.88 Å². The molecule has 0 unspecified atom stereocenters. The monoisotopic (exact) mass is 288 g/mol. The maximum Gasteiger partial charge on any atom is 0.252 e. The lowest BCUT2D eigenvalue weighted by Gasteiger charge is -2.08. The summed E-state index contributed by atoms with van der Waals surface area (Å²) < 4.78 is 2.10. The van der Waals surface area contributed by atoms with E-state index in [1.165, 1.54) is 0 Å². The fourth-order valence-electron chi connectivity index (χ4n) is 2.43. The minimum Gasteiger partial charge on any atom is -0.345 e. The maximum atomic E-state index is 12.2. The molecule has 3 rings (SSSR count). The second-order valence-corrected chi connectivity index (χ2v) is 5.52. The van der Waals surface area contributed by atoms with Gasteiger partial charge in [-0.15, -0.1) is 22.0 Å². The number of fused-ring (bicyclic) bond motifs is 1. The number of amides is 1. The first kappa shape index (κ1) is 13.2. The van der Waals surface area contributed by atoms with E-state index in [4.69, 9.17) is 0 Å². The van der Waals surface area contributed by atoms with Crippen molar-refractivity contribution >= 4 is 17.7 Å². The van der Waals surface area contributed by atoms with E-state index in [1.54, 1.807) is 11.8 Å². The van der Waals surface area contributed by atoms with Crippen LogP contribution in [0, 0.1) is 0 Å². The van der Waals surface area contributed by atoms with E-state index >= 15 is 0 Å². The van der Waals surface area contributed by atoms with E-state index in [2.05, 4.69) is 20.1 Å². The molecule has 0 bridgehead atoms. The summed E-state index contributed by atoms with van der Waals surface area (Å²) in [6.07, 6.45) is 4.06. The third-order valence-corrected chi connectivity index (χ3v) is 4.24. The van der Waals surface area contributed by atoms with Gasteiger partial charge in [-0.2, -0.15) is 0 Å². The molecule has 1 amide bonds. The molecule has 1 aliphatic heterocycles. The first-order valence-corrected chi connectivity index (χ1v) is 7.84. The van der Waals surface area contributed by atoms with Crippen molar-refractivity contribution < 1.29 is 4.79 Å². The molecule has 1 aromatic carbocycles. The number of carbonyl (C=O) groups excluding carboxylic acids is 1. The van der Waals surface area contributed by atoms with E-state index < -0.39 is 0 Å². The van der Waals surface area contributed by atoms with Crippen LogP contribution in [0.1, 0.15) is 28.4 Å². The summed E-state index contributed by atoms with van der Waals surface area (Å²) in [6.45, 7) is 1.38. The van der Waals surface area contributed by atoms with Crippen LogP contribution in [0.5, 0.6) is 0 Å². The number of thioether (sulfide) groups is 1. The molecule has 1 N–H and O–H groups in total. The molecular formula is C14H16N4OS. The molecule has 1 aromatic heterocycles. The summed E-state index contributed by atoms with van der Waals surface area (Å²) in [6, 6.07) is 7.61. The lowest BCUT2D eigenvalue weighted by molar-refractivity contribution is 0.0946. The average molecular weight is 288 g/mol. The lowest BCUT2D eigenvalue weighted by Crippen LogP contribution is -2.25. The van der Waals surface area contributed by atoms with E-state index in [-0.39, 0.29) is 5.91 Å². The van der Waals surface area contributed by atoms with E-state index in [0.717, 1.165) is 35.9 Å². The molecule has 0 radical (unpaired) electrons. The van der Waals surface area contributed by atoms with Gasteiger partial charge in [0.05, 0.1) is 12.1 Å². The van der Waals surface area contributed by atoms with Gasteiger partial charge in [0.25, 0.3) is 5.91 Å². The highest BCUT2D eigenvalue weighted by Gasteiger charge is 2.18. The van der Waals surface area contributed by atoms with Gasteiger partial charge in [-0.3, -0.25) is 4.79 Å². The zero-order valence-electron chi connectivity index (χ0n) is 11.3. The number of aryl methyl sites for hydroxylation is 1. The average Bonchev–Trinajstić information content (AvgIpc) is 3.08. The van der Waals surface area contributed by atoms with Gasteiger partial charge >= 0.3 is 0 Å². The number of carbonyl (C=O) groups is 1. The van der Waals surface area contributed by atoms with Crippen molar-refractivity contribution in [2.45, 2.75) is 30.8 Å². The minimum absolute atomic E-state index is 0.0645. The molecule has 6 heteroatoms. The van der Waals surface area contributed by atoms with Gasteiger partial charge in [0.1, 0.15) is 5.82 Å². The Hall–Kier alpha value is -1.82. The largest absolute Gasteiger partial charge is 0.345 e. The number of aromatic nitrogens is 3. The van der Waals surface area contributed by atoms with Crippen molar-refractivity contribution in [1.29, 1.82) is 0 Å². The maximum absolute atomic E-state index is 12.2. The van der Waals surface area contributed by atoms with Crippen molar-refractivity contribution in [2.24, 2.45) is 0 Å². The number of hydrogen-bond acceptors (Lipinski definition) is 4. The molecule has 0 saturated heterocycles. The topological polar surface area (TPSA) is 59.8 Å². The molecule has 5 nitrogen and oxygen atoms in total. The van der Waals surface area contributed by atoms with Crippen molar-refractivity contribution in [3.63, 3.8) is 0 Å². The third-order valence-electron chi connectivity index (χ3n) is 3.44. The lowest BCUT2D eigenvalue weighted by atomic mass is 10.2. The van der Waals surface area contributed by atoms with Crippen molar-refractivity contribution in [3.05, 3.63) is 41.5 Å². The first-order chi connectivity index (χ1) is 9.79.